The molecule has 2 aromatic carbocycles. The normalized spacial score (nSPS) is 16.2. The van der Waals surface area contributed by atoms with Gasteiger partial charge in [-0.1, -0.05) is 41.0 Å². The lowest BCUT2D eigenvalue weighted by Gasteiger charge is -2.34. The van der Waals surface area contributed by atoms with Crippen LogP contribution in [0.1, 0.15) is 35.7 Å². The molecule has 5 nitrogen and oxygen atoms in total. The first-order chi connectivity index (χ1) is 13.2. The van der Waals surface area contributed by atoms with E-state index in [0.717, 1.165) is 29.7 Å². The van der Waals surface area contributed by atoms with Gasteiger partial charge in [0.2, 0.25) is 5.89 Å². The second-order valence-electron chi connectivity index (χ2n) is 6.74. The van der Waals surface area contributed by atoms with Crippen LogP contribution in [0.25, 0.3) is 0 Å². The quantitative estimate of drug-likeness (QED) is 0.651. The highest BCUT2D eigenvalue weighted by molar-refractivity contribution is 6.30. The topological polar surface area (TPSA) is 57.4 Å². The molecule has 0 spiro atoms. The van der Waals surface area contributed by atoms with Crippen molar-refractivity contribution < 1.29 is 14.0 Å². The van der Waals surface area contributed by atoms with Crippen molar-refractivity contribution in [3.63, 3.8) is 0 Å². The van der Waals surface area contributed by atoms with Crippen molar-refractivity contribution in [1.29, 1.82) is 0 Å². The smallest absolute Gasteiger partial charge is 0.237 e. The Bertz CT molecular complexity index is 885. The van der Waals surface area contributed by atoms with E-state index < -0.39 is 0 Å². The van der Waals surface area contributed by atoms with Crippen LogP contribution in [0.4, 0.5) is 0 Å². The molecular weight excluding hydrogens is 364 g/mol. The standard InChI is InChI=1S/C21H21ClN2O3/c1-25-18-8-2-15(3-9-18)14-19-23-20(27-24-19)21(10-12-26-13-11-21)16-4-6-17(22)7-5-16/h2-9H,10-14H2,1H3. The first-order valence-electron chi connectivity index (χ1n) is 8.99. The third kappa shape index (κ3) is 3.70. The van der Waals surface area contributed by atoms with E-state index in [9.17, 15) is 0 Å². The molecule has 0 saturated carbocycles. The van der Waals surface area contributed by atoms with Crippen LogP contribution in [-0.4, -0.2) is 30.5 Å². The maximum atomic E-state index is 6.07. The van der Waals surface area contributed by atoms with Crippen molar-refractivity contribution >= 4 is 11.6 Å². The third-order valence-electron chi connectivity index (χ3n) is 5.14. The molecule has 0 N–H and O–H groups in total. The van der Waals surface area contributed by atoms with E-state index in [1.165, 1.54) is 0 Å². The third-order valence-corrected chi connectivity index (χ3v) is 5.39. The molecule has 0 bridgehead atoms. The molecule has 27 heavy (non-hydrogen) atoms. The van der Waals surface area contributed by atoms with E-state index in [-0.39, 0.29) is 5.41 Å². The zero-order chi connectivity index (χ0) is 18.7. The molecule has 6 heteroatoms. The summed E-state index contributed by atoms with van der Waals surface area (Å²) in [6.45, 7) is 1.33. The maximum absolute atomic E-state index is 6.07. The minimum Gasteiger partial charge on any atom is -0.497 e. The number of halogens is 1. The van der Waals surface area contributed by atoms with Gasteiger partial charge in [-0.3, -0.25) is 0 Å². The molecule has 140 valence electrons. The first kappa shape index (κ1) is 18.0. The lowest BCUT2D eigenvalue weighted by atomic mass is 9.74. The summed E-state index contributed by atoms with van der Waals surface area (Å²) >= 11 is 6.07. The van der Waals surface area contributed by atoms with Crippen molar-refractivity contribution in [2.24, 2.45) is 0 Å². The van der Waals surface area contributed by atoms with E-state index in [0.29, 0.717) is 36.4 Å². The molecule has 0 atom stereocenters. The Kier molecular flexibility index (Phi) is 5.14. The van der Waals surface area contributed by atoms with Crippen LogP contribution in [0.15, 0.2) is 53.1 Å². The van der Waals surface area contributed by atoms with Crippen LogP contribution in [0.3, 0.4) is 0 Å². The summed E-state index contributed by atoms with van der Waals surface area (Å²) in [5.41, 5.74) is 1.92. The molecule has 1 fully saturated rings. The van der Waals surface area contributed by atoms with E-state index in [1.807, 2.05) is 48.5 Å². The maximum Gasteiger partial charge on any atom is 0.237 e. The molecule has 0 unspecified atom stereocenters. The van der Waals surface area contributed by atoms with Gasteiger partial charge in [0.15, 0.2) is 5.82 Å². The van der Waals surface area contributed by atoms with Crippen LogP contribution in [0.2, 0.25) is 5.02 Å². The minimum absolute atomic E-state index is 0.325. The van der Waals surface area contributed by atoms with Gasteiger partial charge in [0.1, 0.15) is 5.75 Å². The van der Waals surface area contributed by atoms with Crippen LogP contribution in [0, 0.1) is 0 Å². The Morgan fingerprint density at radius 3 is 2.41 bits per heavy atom. The monoisotopic (exact) mass is 384 g/mol. The molecule has 1 aromatic heterocycles. The van der Waals surface area contributed by atoms with Gasteiger partial charge in [-0.15, -0.1) is 0 Å². The highest BCUT2D eigenvalue weighted by Crippen LogP contribution is 2.40. The molecule has 1 saturated heterocycles. The Hall–Kier alpha value is -2.37. The van der Waals surface area contributed by atoms with E-state index in [4.69, 9.17) is 30.6 Å². The van der Waals surface area contributed by atoms with Crippen molar-refractivity contribution in [3.8, 4) is 5.75 Å². The predicted molar refractivity (Wildman–Crippen MR) is 102 cm³/mol. The fourth-order valence-corrected chi connectivity index (χ4v) is 3.69. The molecule has 1 aliphatic rings. The highest BCUT2D eigenvalue weighted by atomic mass is 35.5. The zero-order valence-electron chi connectivity index (χ0n) is 15.2. The molecule has 3 aromatic rings. The van der Waals surface area contributed by atoms with Gasteiger partial charge in [-0.2, -0.15) is 4.98 Å². The predicted octanol–water partition coefficient (Wildman–Crippen LogP) is 4.42. The van der Waals surface area contributed by atoms with E-state index >= 15 is 0 Å². The average Bonchev–Trinajstić information content (AvgIpc) is 3.19. The van der Waals surface area contributed by atoms with Crippen LogP contribution >= 0.6 is 11.6 Å². The van der Waals surface area contributed by atoms with Crippen molar-refractivity contribution in [1.82, 2.24) is 10.1 Å². The summed E-state index contributed by atoms with van der Waals surface area (Å²) in [7, 11) is 1.66. The number of hydrogen-bond acceptors (Lipinski definition) is 5. The Morgan fingerprint density at radius 2 is 1.74 bits per heavy atom. The number of hydrogen-bond donors (Lipinski definition) is 0. The van der Waals surface area contributed by atoms with Crippen molar-refractivity contribution in [3.05, 3.63) is 76.4 Å². The molecule has 2 heterocycles. The van der Waals surface area contributed by atoms with Gasteiger partial charge >= 0.3 is 0 Å². The summed E-state index contributed by atoms with van der Waals surface area (Å²) < 4.78 is 16.5. The summed E-state index contributed by atoms with van der Waals surface area (Å²) in [5, 5.41) is 4.95. The summed E-state index contributed by atoms with van der Waals surface area (Å²) in [6.07, 6.45) is 2.22. The first-order valence-corrected chi connectivity index (χ1v) is 9.37. The van der Waals surface area contributed by atoms with Crippen molar-refractivity contribution in [2.75, 3.05) is 20.3 Å². The summed E-state index contributed by atoms with van der Waals surface area (Å²) in [6, 6.07) is 15.8. The van der Waals surface area contributed by atoms with Gasteiger partial charge in [0.05, 0.1) is 12.5 Å². The van der Waals surface area contributed by atoms with Crippen molar-refractivity contribution in [2.45, 2.75) is 24.7 Å². The number of ether oxygens (including phenoxy) is 2. The number of rotatable bonds is 5. The van der Waals surface area contributed by atoms with Crippen LogP contribution in [0.5, 0.6) is 5.75 Å². The Balaban J connectivity index is 1.62. The second kappa shape index (κ2) is 7.71. The van der Waals surface area contributed by atoms with Crippen LogP contribution in [-0.2, 0) is 16.6 Å². The van der Waals surface area contributed by atoms with Gasteiger partial charge in [0, 0.05) is 24.7 Å². The molecule has 4 rings (SSSR count). The number of benzene rings is 2. The summed E-state index contributed by atoms with van der Waals surface area (Å²) in [5.74, 6) is 2.16. The van der Waals surface area contributed by atoms with Gasteiger partial charge < -0.3 is 14.0 Å². The Labute approximate surface area is 163 Å². The highest BCUT2D eigenvalue weighted by Gasteiger charge is 2.41. The van der Waals surface area contributed by atoms with Gasteiger partial charge in [-0.05, 0) is 48.2 Å². The fourth-order valence-electron chi connectivity index (χ4n) is 3.56. The van der Waals surface area contributed by atoms with Crippen LogP contribution < -0.4 is 4.74 Å². The summed E-state index contributed by atoms with van der Waals surface area (Å²) in [4.78, 5) is 4.75. The minimum atomic E-state index is -0.325. The average molecular weight is 385 g/mol. The zero-order valence-corrected chi connectivity index (χ0v) is 15.9. The number of aromatic nitrogens is 2. The lowest BCUT2D eigenvalue weighted by Crippen LogP contribution is -2.35. The second-order valence-corrected chi connectivity index (χ2v) is 7.18. The molecule has 1 aliphatic heterocycles. The van der Waals surface area contributed by atoms with Gasteiger partial charge in [-0.25, -0.2) is 0 Å². The van der Waals surface area contributed by atoms with Gasteiger partial charge in [0.25, 0.3) is 0 Å². The molecule has 0 amide bonds. The Morgan fingerprint density at radius 1 is 1.04 bits per heavy atom. The SMILES string of the molecule is COc1ccc(Cc2noc(C3(c4ccc(Cl)cc4)CCOCC3)n2)cc1. The lowest BCUT2D eigenvalue weighted by molar-refractivity contribution is 0.0523. The number of nitrogens with zero attached hydrogens (tertiary/aromatic N) is 2. The largest absolute Gasteiger partial charge is 0.497 e. The fraction of sp³-hybridized carbons (Fsp3) is 0.333. The van der Waals surface area contributed by atoms with E-state index in [1.54, 1.807) is 7.11 Å². The number of methoxy groups -OCH3 is 1. The molecule has 0 radical (unpaired) electrons. The molecular formula is C21H21ClN2O3. The van der Waals surface area contributed by atoms with E-state index in [2.05, 4.69) is 5.16 Å². The molecule has 0 aliphatic carbocycles.